The first-order valence-electron chi connectivity index (χ1n) is 6.62. The molecule has 0 atom stereocenters. The minimum Gasteiger partial charge on any atom is -0.497 e. The maximum Gasteiger partial charge on any atom is 0.333 e. The van der Waals surface area contributed by atoms with Gasteiger partial charge in [0, 0.05) is 6.07 Å². The van der Waals surface area contributed by atoms with Crippen molar-refractivity contribution in [3.63, 3.8) is 0 Å². The molecule has 3 rings (SSSR count). The van der Waals surface area contributed by atoms with Crippen molar-refractivity contribution in [1.82, 2.24) is 9.55 Å². The number of ether oxygens (including phenoxy) is 2. The quantitative estimate of drug-likeness (QED) is 0.798. The predicted molar refractivity (Wildman–Crippen MR) is 83.3 cm³/mol. The third-order valence-corrected chi connectivity index (χ3v) is 3.42. The second-order valence-electron chi connectivity index (χ2n) is 4.66. The summed E-state index contributed by atoms with van der Waals surface area (Å²) in [5.74, 6) is 0.972. The van der Waals surface area contributed by atoms with Gasteiger partial charge in [0.05, 0.1) is 25.4 Å². The maximum atomic E-state index is 12.8. The molecule has 0 saturated carbocycles. The number of H-pyrrole nitrogens is 1. The molecular formula is C16H14N2O4. The number of nitrogens with zero attached hydrogens (tertiary/aromatic N) is 1. The van der Waals surface area contributed by atoms with Gasteiger partial charge in [-0.05, 0) is 24.3 Å². The Morgan fingerprint density at radius 1 is 1.00 bits per heavy atom. The van der Waals surface area contributed by atoms with E-state index < -0.39 is 11.2 Å². The van der Waals surface area contributed by atoms with Crippen LogP contribution >= 0.6 is 0 Å². The fourth-order valence-corrected chi connectivity index (χ4v) is 2.39. The molecule has 2 aromatic carbocycles. The molecule has 0 aliphatic heterocycles. The molecule has 0 bridgehead atoms. The van der Waals surface area contributed by atoms with Crippen molar-refractivity contribution in [2.45, 2.75) is 0 Å². The van der Waals surface area contributed by atoms with Gasteiger partial charge in [-0.15, -0.1) is 0 Å². The number of rotatable bonds is 3. The smallest absolute Gasteiger partial charge is 0.333 e. The van der Waals surface area contributed by atoms with Gasteiger partial charge < -0.3 is 14.5 Å². The van der Waals surface area contributed by atoms with E-state index in [1.807, 2.05) is 0 Å². The third kappa shape index (κ3) is 2.14. The molecule has 0 spiro atoms. The average Bonchev–Trinajstić information content (AvgIpc) is 2.54. The zero-order valence-electron chi connectivity index (χ0n) is 12.1. The first kappa shape index (κ1) is 13.9. The number of hydrogen-bond acceptors (Lipinski definition) is 4. The van der Waals surface area contributed by atoms with Crippen LogP contribution in [0.2, 0.25) is 0 Å². The van der Waals surface area contributed by atoms with Crippen LogP contribution in [0.3, 0.4) is 0 Å². The SMILES string of the molecule is COc1cccc(-n2c(=O)[nH]c3cccc(OC)c3c2=O)c1. The summed E-state index contributed by atoms with van der Waals surface area (Å²) >= 11 is 0. The molecule has 0 unspecified atom stereocenters. The van der Waals surface area contributed by atoms with Crippen LogP contribution in [-0.4, -0.2) is 23.8 Å². The lowest BCUT2D eigenvalue weighted by Gasteiger charge is -2.09. The number of nitrogens with one attached hydrogen (secondary N) is 1. The molecule has 22 heavy (non-hydrogen) atoms. The van der Waals surface area contributed by atoms with E-state index in [1.54, 1.807) is 42.5 Å². The zero-order chi connectivity index (χ0) is 15.7. The van der Waals surface area contributed by atoms with E-state index in [0.717, 1.165) is 4.57 Å². The molecule has 0 aliphatic carbocycles. The number of aromatic nitrogens is 2. The van der Waals surface area contributed by atoms with Crippen molar-refractivity contribution in [2.75, 3.05) is 14.2 Å². The highest BCUT2D eigenvalue weighted by molar-refractivity contribution is 5.84. The van der Waals surface area contributed by atoms with E-state index in [2.05, 4.69) is 4.98 Å². The average molecular weight is 298 g/mol. The number of fused-ring (bicyclic) bond motifs is 1. The molecule has 0 saturated heterocycles. The topological polar surface area (TPSA) is 73.3 Å². The van der Waals surface area contributed by atoms with Crippen molar-refractivity contribution in [1.29, 1.82) is 0 Å². The predicted octanol–water partition coefficient (Wildman–Crippen LogP) is 1.70. The fraction of sp³-hybridized carbons (Fsp3) is 0.125. The van der Waals surface area contributed by atoms with Gasteiger partial charge in [0.2, 0.25) is 0 Å². The Balaban J connectivity index is 2.39. The number of benzene rings is 2. The van der Waals surface area contributed by atoms with Gasteiger partial charge in [0.15, 0.2) is 0 Å². The molecule has 1 N–H and O–H groups in total. The van der Waals surface area contributed by atoms with Crippen molar-refractivity contribution in [3.8, 4) is 17.2 Å². The van der Waals surface area contributed by atoms with Crippen LogP contribution in [0.25, 0.3) is 16.6 Å². The van der Waals surface area contributed by atoms with E-state index in [9.17, 15) is 9.59 Å². The minimum atomic E-state index is -0.515. The van der Waals surface area contributed by atoms with Crippen LogP contribution in [0.4, 0.5) is 0 Å². The monoisotopic (exact) mass is 298 g/mol. The molecule has 0 fully saturated rings. The van der Waals surface area contributed by atoms with Crippen LogP contribution in [0, 0.1) is 0 Å². The van der Waals surface area contributed by atoms with Gasteiger partial charge >= 0.3 is 5.69 Å². The molecule has 112 valence electrons. The minimum absolute atomic E-state index is 0.326. The van der Waals surface area contributed by atoms with E-state index in [-0.39, 0.29) is 0 Å². The zero-order valence-corrected chi connectivity index (χ0v) is 12.1. The standard InChI is InChI=1S/C16H14N2O4/c1-21-11-6-3-5-10(9-11)18-15(19)14-12(17-16(18)20)7-4-8-13(14)22-2/h3-9H,1-2H3,(H,17,20). The molecule has 1 heterocycles. The van der Waals surface area contributed by atoms with Crippen LogP contribution < -0.4 is 20.7 Å². The van der Waals surface area contributed by atoms with Crippen molar-refractivity contribution in [2.24, 2.45) is 0 Å². The van der Waals surface area contributed by atoms with Crippen LogP contribution in [-0.2, 0) is 0 Å². The summed E-state index contributed by atoms with van der Waals surface area (Å²) in [4.78, 5) is 27.7. The Labute approximate surface area is 125 Å². The van der Waals surface area contributed by atoms with Crippen LogP contribution in [0.15, 0.2) is 52.1 Å². The van der Waals surface area contributed by atoms with Gasteiger partial charge in [0.25, 0.3) is 5.56 Å². The van der Waals surface area contributed by atoms with Crippen molar-refractivity contribution < 1.29 is 9.47 Å². The largest absolute Gasteiger partial charge is 0.497 e. The van der Waals surface area contributed by atoms with Crippen LogP contribution in [0.1, 0.15) is 0 Å². The van der Waals surface area contributed by atoms with Gasteiger partial charge in [0.1, 0.15) is 16.9 Å². The highest BCUT2D eigenvalue weighted by Crippen LogP contribution is 2.20. The van der Waals surface area contributed by atoms with Gasteiger partial charge in [-0.1, -0.05) is 12.1 Å². The number of methoxy groups -OCH3 is 2. The third-order valence-electron chi connectivity index (χ3n) is 3.42. The Morgan fingerprint density at radius 3 is 2.50 bits per heavy atom. The van der Waals surface area contributed by atoms with E-state index in [1.165, 1.54) is 14.2 Å². The van der Waals surface area contributed by atoms with Gasteiger partial charge in [-0.25, -0.2) is 9.36 Å². The normalized spacial score (nSPS) is 10.6. The Hall–Kier alpha value is -3.02. The molecule has 6 heteroatoms. The molecule has 3 aromatic rings. The first-order chi connectivity index (χ1) is 10.7. The molecule has 0 radical (unpaired) electrons. The number of hydrogen-bond donors (Lipinski definition) is 1. The Bertz CT molecular complexity index is 956. The lowest BCUT2D eigenvalue weighted by molar-refractivity contribution is 0.414. The molecule has 6 nitrogen and oxygen atoms in total. The van der Waals surface area contributed by atoms with E-state index in [4.69, 9.17) is 9.47 Å². The maximum absolute atomic E-state index is 12.8. The van der Waals surface area contributed by atoms with Gasteiger partial charge in [-0.2, -0.15) is 0 Å². The summed E-state index contributed by atoms with van der Waals surface area (Å²) in [6, 6.07) is 11.8. The summed E-state index contributed by atoms with van der Waals surface area (Å²) < 4.78 is 11.4. The molecule has 0 amide bonds. The first-order valence-corrected chi connectivity index (χ1v) is 6.62. The van der Waals surface area contributed by atoms with Gasteiger partial charge in [-0.3, -0.25) is 4.79 Å². The molecule has 0 aliphatic rings. The lowest BCUT2D eigenvalue weighted by Crippen LogP contribution is -2.33. The molecule has 1 aromatic heterocycles. The molecular weight excluding hydrogens is 284 g/mol. The van der Waals surface area contributed by atoms with E-state index >= 15 is 0 Å². The summed E-state index contributed by atoms with van der Waals surface area (Å²) in [5.41, 5.74) is -0.0876. The second kappa shape index (κ2) is 5.40. The summed E-state index contributed by atoms with van der Waals surface area (Å²) in [5, 5.41) is 0.326. The highest BCUT2D eigenvalue weighted by atomic mass is 16.5. The fourth-order valence-electron chi connectivity index (χ4n) is 2.39. The van der Waals surface area contributed by atoms with Crippen molar-refractivity contribution in [3.05, 3.63) is 63.3 Å². The second-order valence-corrected chi connectivity index (χ2v) is 4.66. The lowest BCUT2D eigenvalue weighted by atomic mass is 10.2. The highest BCUT2D eigenvalue weighted by Gasteiger charge is 2.13. The summed E-state index contributed by atoms with van der Waals surface area (Å²) in [6.07, 6.45) is 0. The Kier molecular flexibility index (Phi) is 3.42. The summed E-state index contributed by atoms with van der Waals surface area (Å²) in [6.45, 7) is 0. The summed E-state index contributed by atoms with van der Waals surface area (Å²) in [7, 11) is 3.00. The van der Waals surface area contributed by atoms with Crippen LogP contribution in [0.5, 0.6) is 11.5 Å². The Morgan fingerprint density at radius 2 is 1.77 bits per heavy atom. The number of aromatic amines is 1. The van der Waals surface area contributed by atoms with E-state index in [0.29, 0.717) is 28.1 Å². The van der Waals surface area contributed by atoms with Crippen molar-refractivity contribution >= 4 is 10.9 Å².